The zero-order valence-corrected chi connectivity index (χ0v) is 25.9. The molecule has 0 saturated carbocycles. The van der Waals surface area contributed by atoms with Crippen molar-refractivity contribution < 1.29 is 37.3 Å². The number of carboxylic acids is 1. The Labute approximate surface area is 257 Å². The van der Waals surface area contributed by atoms with Gasteiger partial charge in [-0.25, -0.2) is 8.42 Å². The fourth-order valence-corrected chi connectivity index (χ4v) is 6.50. The predicted molar refractivity (Wildman–Crippen MR) is 166 cm³/mol. The number of hydrogen-bond donors (Lipinski definition) is 2. The molecule has 0 spiro atoms. The molecule has 3 aromatic rings. The Morgan fingerprint density at radius 3 is 2.27 bits per heavy atom. The lowest BCUT2D eigenvalue weighted by molar-refractivity contribution is -0.143. The van der Waals surface area contributed by atoms with Crippen LogP contribution in [0.1, 0.15) is 48.1 Å². The molecule has 10 nitrogen and oxygen atoms in total. The maximum atomic E-state index is 13.6. The van der Waals surface area contributed by atoms with Crippen molar-refractivity contribution in [2.75, 3.05) is 43.8 Å². The van der Waals surface area contributed by atoms with Gasteiger partial charge in [0.15, 0.2) is 21.3 Å². The highest BCUT2D eigenvalue weighted by Gasteiger charge is 2.48. The summed E-state index contributed by atoms with van der Waals surface area (Å²) in [6.45, 7) is 4.53. The maximum absolute atomic E-state index is 13.6. The fraction of sp³-hybridized carbons (Fsp3) is 0.394. The van der Waals surface area contributed by atoms with Crippen molar-refractivity contribution in [2.45, 2.75) is 38.6 Å². The first-order valence-corrected chi connectivity index (χ1v) is 16.8. The van der Waals surface area contributed by atoms with Gasteiger partial charge in [0.2, 0.25) is 12.7 Å². The van der Waals surface area contributed by atoms with Crippen molar-refractivity contribution in [3.63, 3.8) is 0 Å². The zero-order chi connectivity index (χ0) is 31.4. The van der Waals surface area contributed by atoms with Crippen LogP contribution in [0.3, 0.4) is 0 Å². The second-order valence-electron chi connectivity index (χ2n) is 11.2. The van der Waals surface area contributed by atoms with E-state index in [0.717, 1.165) is 41.5 Å². The SMILES string of the molecule is CCc1cccc(CC)c1NC(=O)CN1C[C@H](c2ccc3c(c2)OCO3)C(C(=O)O)[C@@H]1c1ccc(OCCS(C)(=O)=O)cc1. The molecule has 1 fully saturated rings. The Morgan fingerprint density at radius 1 is 0.977 bits per heavy atom. The maximum Gasteiger partial charge on any atom is 0.309 e. The summed E-state index contributed by atoms with van der Waals surface area (Å²) in [5.74, 6) is -0.951. The highest BCUT2D eigenvalue weighted by molar-refractivity contribution is 7.90. The van der Waals surface area contributed by atoms with Crippen LogP contribution in [0.4, 0.5) is 5.69 Å². The quantitative estimate of drug-likeness (QED) is 0.301. The molecule has 44 heavy (non-hydrogen) atoms. The second-order valence-corrected chi connectivity index (χ2v) is 13.5. The fourth-order valence-electron chi connectivity index (χ4n) is 6.11. The number of nitrogens with one attached hydrogen (secondary N) is 1. The molecule has 2 N–H and O–H groups in total. The Bertz CT molecular complexity index is 1600. The number of benzene rings is 3. The Morgan fingerprint density at radius 2 is 1.64 bits per heavy atom. The van der Waals surface area contributed by atoms with E-state index < -0.39 is 33.7 Å². The van der Waals surface area contributed by atoms with Crippen LogP contribution < -0.4 is 19.5 Å². The average molecular weight is 623 g/mol. The number of carbonyl (C=O) groups is 2. The molecule has 0 bridgehead atoms. The number of hydrogen-bond acceptors (Lipinski definition) is 8. The Hall–Kier alpha value is -4.09. The van der Waals surface area contributed by atoms with E-state index in [2.05, 4.69) is 5.32 Å². The van der Waals surface area contributed by atoms with E-state index in [4.69, 9.17) is 14.2 Å². The number of likely N-dealkylation sites (tertiary alicyclic amines) is 1. The standard InChI is InChI=1S/C33H38N2O8S/c1-4-21-7-6-8-22(5-2)31(21)34-29(36)19-35-18-26(24-11-14-27-28(17-24)43-20-42-27)30(33(37)38)32(35)23-9-12-25(13-10-23)41-15-16-44(3,39)40/h6-14,17,26,30,32H,4-5,15-16,18-20H2,1-3H3,(H,34,36)(H,37,38)/t26-,30?,32+/m1/s1. The molecule has 1 unspecified atom stereocenters. The molecule has 11 heteroatoms. The van der Waals surface area contributed by atoms with Crippen LogP contribution in [0.5, 0.6) is 17.2 Å². The van der Waals surface area contributed by atoms with Crippen molar-refractivity contribution in [3.8, 4) is 17.2 Å². The number of para-hydroxylation sites is 1. The molecule has 2 aliphatic rings. The van der Waals surface area contributed by atoms with Crippen molar-refractivity contribution >= 4 is 27.4 Å². The van der Waals surface area contributed by atoms with Gasteiger partial charge in [-0.15, -0.1) is 0 Å². The summed E-state index contributed by atoms with van der Waals surface area (Å²) < 4.78 is 39.6. The van der Waals surface area contributed by atoms with Crippen LogP contribution in [-0.2, 0) is 32.3 Å². The van der Waals surface area contributed by atoms with Gasteiger partial charge in [0.1, 0.15) is 12.4 Å². The van der Waals surface area contributed by atoms with Crippen LogP contribution in [0.25, 0.3) is 0 Å². The van der Waals surface area contributed by atoms with Crippen LogP contribution in [0.15, 0.2) is 60.7 Å². The highest BCUT2D eigenvalue weighted by atomic mass is 32.2. The van der Waals surface area contributed by atoms with Gasteiger partial charge >= 0.3 is 5.97 Å². The van der Waals surface area contributed by atoms with E-state index in [1.807, 2.05) is 49.1 Å². The second kappa shape index (κ2) is 13.3. The average Bonchev–Trinajstić information content (AvgIpc) is 3.61. The van der Waals surface area contributed by atoms with Crippen LogP contribution in [-0.4, -0.2) is 68.8 Å². The van der Waals surface area contributed by atoms with E-state index in [0.29, 0.717) is 29.4 Å². The molecule has 0 aliphatic carbocycles. The van der Waals surface area contributed by atoms with Gasteiger partial charge in [0.25, 0.3) is 0 Å². The molecule has 1 amide bonds. The van der Waals surface area contributed by atoms with Gasteiger partial charge in [-0.2, -0.15) is 0 Å². The number of aryl methyl sites for hydroxylation is 2. The summed E-state index contributed by atoms with van der Waals surface area (Å²) in [6.07, 6.45) is 2.68. The number of amides is 1. The molecule has 1 saturated heterocycles. The number of rotatable bonds is 12. The number of carboxylic acid groups (broad SMARTS) is 1. The minimum absolute atomic E-state index is 0.0106. The van der Waals surface area contributed by atoms with E-state index in [9.17, 15) is 23.1 Å². The number of anilines is 1. The van der Waals surface area contributed by atoms with Gasteiger partial charge in [-0.1, -0.05) is 50.2 Å². The Kier molecular flexibility index (Phi) is 9.45. The van der Waals surface area contributed by atoms with E-state index in [1.165, 1.54) is 0 Å². The summed E-state index contributed by atoms with van der Waals surface area (Å²) >= 11 is 0. The number of fused-ring (bicyclic) bond motifs is 1. The first-order chi connectivity index (χ1) is 21.1. The molecule has 2 heterocycles. The van der Waals surface area contributed by atoms with Crippen LogP contribution in [0, 0.1) is 5.92 Å². The molecule has 0 radical (unpaired) electrons. The van der Waals surface area contributed by atoms with Gasteiger partial charge in [0, 0.05) is 30.4 Å². The lowest BCUT2D eigenvalue weighted by atomic mass is 9.82. The summed E-state index contributed by atoms with van der Waals surface area (Å²) in [5.41, 5.74) is 4.41. The monoisotopic (exact) mass is 622 g/mol. The van der Waals surface area contributed by atoms with Crippen molar-refractivity contribution in [3.05, 3.63) is 82.9 Å². The molecule has 3 aromatic carbocycles. The summed E-state index contributed by atoms with van der Waals surface area (Å²) in [5, 5.41) is 13.7. The normalized spacial score (nSPS) is 19.6. The number of nitrogens with zero attached hydrogens (tertiary/aromatic N) is 1. The molecule has 2 aliphatic heterocycles. The zero-order valence-electron chi connectivity index (χ0n) is 25.1. The number of sulfone groups is 1. The lowest BCUT2D eigenvalue weighted by Crippen LogP contribution is -2.35. The number of carbonyl (C=O) groups excluding carboxylic acids is 1. The number of aliphatic carboxylic acids is 1. The Balaban J connectivity index is 1.45. The van der Waals surface area contributed by atoms with Crippen LogP contribution in [0.2, 0.25) is 0 Å². The molecule has 3 atom stereocenters. The summed E-state index contributed by atoms with van der Waals surface area (Å²) in [6, 6.07) is 17.8. The third-order valence-corrected chi connectivity index (χ3v) is 9.17. The van der Waals surface area contributed by atoms with E-state index in [1.54, 1.807) is 30.3 Å². The molecular formula is C33H38N2O8S. The van der Waals surface area contributed by atoms with Gasteiger partial charge in [0.05, 0.1) is 18.2 Å². The minimum atomic E-state index is -3.17. The van der Waals surface area contributed by atoms with Crippen LogP contribution >= 0.6 is 0 Å². The van der Waals surface area contributed by atoms with E-state index in [-0.39, 0.29) is 31.6 Å². The predicted octanol–water partition coefficient (Wildman–Crippen LogP) is 4.44. The van der Waals surface area contributed by atoms with Gasteiger partial charge < -0.3 is 24.6 Å². The minimum Gasteiger partial charge on any atom is -0.493 e. The first kappa shape index (κ1) is 31.3. The highest BCUT2D eigenvalue weighted by Crippen LogP contribution is 2.47. The lowest BCUT2D eigenvalue weighted by Gasteiger charge is -2.27. The van der Waals surface area contributed by atoms with Crippen molar-refractivity contribution in [1.29, 1.82) is 0 Å². The van der Waals surface area contributed by atoms with E-state index >= 15 is 0 Å². The molecule has 5 rings (SSSR count). The molecule has 234 valence electrons. The van der Waals surface area contributed by atoms with Crippen molar-refractivity contribution in [1.82, 2.24) is 4.90 Å². The third-order valence-electron chi connectivity index (χ3n) is 8.26. The smallest absolute Gasteiger partial charge is 0.309 e. The summed E-state index contributed by atoms with van der Waals surface area (Å²) in [4.78, 5) is 28.5. The largest absolute Gasteiger partial charge is 0.493 e. The topological polar surface area (TPSA) is 131 Å². The first-order valence-electron chi connectivity index (χ1n) is 14.8. The number of ether oxygens (including phenoxy) is 3. The van der Waals surface area contributed by atoms with Crippen molar-refractivity contribution in [2.24, 2.45) is 5.92 Å². The molecular weight excluding hydrogens is 584 g/mol. The molecule has 0 aromatic heterocycles. The van der Waals surface area contributed by atoms with Gasteiger partial charge in [-0.05, 0) is 59.4 Å². The van der Waals surface area contributed by atoms with Gasteiger partial charge in [-0.3, -0.25) is 14.5 Å². The summed E-state index contributed by atoms with van der Waals surface area (Å²) in [7, 11) is -3.17. The third kappa shape index (κ3) is 7.00.